The lowest BCUT2D eigenvalue weighted by atomic mass is 9.88. The Hall–Kier alpha value is -4.33. The summed E-state index contributed by atoms with van der Waals surface area (Å²) in [6, 6.07) is 14.0. The molecule has 1 aliphatic rings. The van der Waals surface area contributed by atoms with Gasteiger partial charge in [-0.05, 0) is 84.5 Å². The van der Waals surface area contributed by atoms with Gasteiger partial charge in [0.25, 0.3) is 5.91 Å². The summed E-state index contributed by atoms with van der Waals surface area (Å²) >= 11 is 0. The molecule has 38 heavy (non-hydrogen) atoms. The van der Waals surface area contributed by atoms with Crippen LogP contribution >= 0.6 is 0 Å². The van der Waals surface area contributed by atoms with Crippen molar-refractivity contribution in [1.29, 1.82) is 5.41 Å². The van der Waals surface area contributed by atoms with Crippen LogP contribution in [0.4, 0.5) is 0 Å². The van der Waals surface area contributed by atoms with Crippen molar-refractivity contribution in [1.82, 2.24) is 19.0 Å². The number of amides is 1. The summed E-state index contributed by atoms with van der Waals surface area (Å²) in [6.07, 6.45) is 4.51. The Morgan fingerprint density at radius 2 is 1.50 bits per heavy atom. The minimum absolute atomic E-state index is 0.00259. The standard InChI is InChI=1S/C30H33N5O3/c1-19-10-23(11-20(2)32-19)27-14-22(18-35-9-8-33(3)30(35)31)15-28-26(27)6-7-34(29(28)36)17-21-12-24(37-4)16-25(13-21)38-5/h8-16,31H,6-7,17-18H2,1-5H3. The quantitative estimate of drug-likeness (QED) is 0.402. The molecule has 0 aliphatic carbocycles. The molecule has 5 rings (SSSR count). The number of rotatable bonds is 7. The predicted molar refractivity (Wildman–Crippen MR) is 145 cm³/mol. The second-order valence-electron chi connectivity index (χ2n) is 9.87. The number of imidazole rings is 1. The maximum atomic E-state index is 13.9. The number of pyridine rings is 1. The van der Waals surface area contributed by atoms with Gasteiger partial charge in [0.15, 0.2) is 0 Å². The van der Waals surface area contributed by atoms with Crippen molar-refractivity contribution in [2.75, 3.05) is 20.8 Å². The van der Waals surface area contributed by atoms with Gasteiger partial charge in [0.2, 0.25) is 5.62 Å². The molecule has 4 aromatic rings. The highest BCUT2D eigenvalue weighted by Crippen LogP contribution is 2.34. The van der Waals surface area contributed by atoms with E-state index in [-0.39, 0.29) is 5.91 Å². The van der Waals surface area contributed by atoms with Gasteiger partial charge in [-0.3, -0.25) is 15.2 Å². The van der Waals surface area contributed by atoms with Gasteiger partial charge in [0.1, 0.15) is 11.5 Å². The summed E-state index contributed by atoms with van der Waals surface area (Å²) in [4.78, 5) is 20.4. The summed E-state index contributed by atoms with van der Waals surface area (Å²) in [6.45, 7) is 5.57. The molecule has 0 saturated carbocycles. The lowest BCUT2D eigenvalue weighted by Crippen LogP contribution is -2.37. The van der Waals surface area contributed by atoms with E-state index in [1.54, 1.807) is 18.8 Å². The van der Waals surface area contributed by atoms with E-state index in [0.29, 0.717) is 42.3 Å². The molecule has 2 aromatic carbocycles. The topological polar surface area (TPSA) is 85.4 Å². The van der Waals surface area contributed by atoms with Crippen LogP contribution in [0.25, 0.3) is 11.1 Å². The molecule has 2 aromatic heterocycles. The van der Waals surface area contributed by atoms with E-state index in [9.17, 15) is 4.79 Å². The molecule has 0 saturated heterocycles. The Morgan fingerprint density at radius 1 is 0.868 bits per heavy atom. The first-order valence-electron chi connectivity index (χ1n) is 12.6. The molecule has 0 atom stereocenters. The monoisotopic (exact) mass is 511 g/mol. The van der Waals surface area contributed by atoms with Crippen molar-refractivity contribution in [3.05, 3.63) is 94.1 Å². The molecule has 1 amide bonds. The maximum Gasteiger partial charge on any atom is 0.254 e. The fourth-order valence-corrected chi connectivity index (χ4v) is 5.23. The summed E-state index contributed by atoms with van der Waals surface area (Å²) in [7, 11) is 5.10. The zero-order valence-corrected chi connectivity index (χ0v) is 22.5. The first-order chi connectivity index (χ1) is 18.2. The normalized spacial score (nSPS) is 13.0. The van der Waals surface area contributed by atoms with Crippen molar-refractivity contribution < 1.29 is 14.3 Å². The zero-order valence-electron chi connectivity index (χ0n) is 22.5. The Balaban J connectivity index is 1.57. The smallest absolute Gasteiger partial charge is 0.254 e. The second-order valence-corrected chi connectivity index (χ2v) is 9.87. The summed E-state index contributed by atoms with van der Waals surface area (Å²) in [5.41, 5.74) is 8.13. The molecule has 0 fully saturated rings. The van der Waals surface area contributed by atoms with Gasteiger partial charge in [-0.1, -0.05) is 0 Å². The van der Waals surface area contributed by atoms with Crippen LogP contribution in [-0.4, -0.2) is 45.7 Å². The summed E-state index contributed by atoms with van der Waals surface area (Å²) < 4.78 is 14.5. The lowest BCUT2D eigenvalue weighted by molar-refractivity contribution is 0.0727. The number of carbonyl (C=O) groups is 1. The van der Waals surface area contributed by atoms with Crippen molar-refractivity contribution in [3.63, 3.8) is 0 Å². The zero-order chi connectivity index (χ0) is 27.0. The molecule has 0 unspecified atom stereocenters. The molecular weight excluding hydrogens is 478 g/mol. The Kier molecular flexibility index (Phi) is 6.80. The van der Waals surface area contributed by atoms with Crippen LogP contribution < -0.4 is 15.1 Å². The first kappa shape index (κ1) is 25.3. The van der Waals surface area contributed by atoms with E-state index < -0.39 is 0 Å². The third-order valence-electron chi connectivity index (χ3n) is 7.07. The fourth-order valence-electron chi connectivity index (χ4n) is 5.23. The summed E-state index contributed by atoms with van der Waals surface area (Å²) in [5, 5.41) is 8.37. The van der Waals surface area contributed by atoms with E-state index in [1.807, 2.05) is 67.0 Å². The Morgan fingerprint density at radius 3 is 2.11 bits per heavy atom. The number of benzene rings is 2. The molecule has 196 valence electrons. The number of hydrogen-bond acceptors (Lipinski definition) is 5. The van der Waals surface area contributed by atoms with Crippen molar-refractivity contribution in [3.8, 4) is 22.6 Å². The van der Waals surface area contributed by atoms with E-state index in [2.05, 4.69) is 23.2 Å². The highest BCUT2D eigenvalue weighted by atomic mass is 16.5. The predicted octanol–water partition coefficient (Wildman–Crippen LogP) is 4.25. The first-order valence-corrected chi connectivity index (χ1v) is 12.6. The van der Waals surface area contributed by atoms with Gasteiger partial charge < -0.3 is 23.5 Å². The number of nitrogens with zero attached hydrogens (tertiary/aromatic N) is 4. The molecule has 1 N–H and O–H groups in total. The molecule has 3 heterocycles. The van der Waals surface area contributed by atoms with E-state index >= 15 is 0 Å². The third kappa shape index (κ3) is 4.94. The second kappa shape index (κ2) is 10.2. The molecule has 0 bridgehead atoms. The number of carbonyl (C=O) groups excluding carboxylic acids is 1. The molecule has 1 aliphatic heterocycles. The van der Waals surface area contributed by atoms with Gasteiger partial charge in [0, 0.05) is 55.5 Å². The average Bonchev–Trinajstić information content (AvgIpc) is 3.21. The van der Waals surface area contributed by atoms with Crippen LogP contribution in [0.5, 0.6) is 11.5 Å². The molecule has 0 radical (unpaired) electrons. The third-order valence-corrected chi connectivity index (χ3v) is 7.07. The lowest BCUT2D eigenvalue weighted by Gasteiger charge is -2.31. The van der Waals surface area contributed by atoms with Crippen molar-refractivity contribution >= 4 is 5.91 Å². The molecule has 8 heteroatoms. The molecule has 8 nitrogen and oxygen atoms in total. The minimum atomic E-state index is 0.00259. The van der Waals surface area contributed by atoms with Crippen LogP contribution in [0, 0.1) is 19.3 Å². The van der Waals surface area contributed by atoms with E-state index in [4.69, 9.17) is 14.9 Å². The number of aryl methyl sites for hydroxylation is 3. The van der Waals surface area contributed by atoms with Crippen LogP contribution in [0.3, 0.4) is 0 Å². The largest absolute Gasteiger partial charge is 0.497 e. The number of methoxy groups -OCH3 is 2. The molecular formula is C30H33N5O3. The number of hydrogen-bond donors (Lipinski definition) is 1. The van der Waals surface area contributed by atoms with Crippen LogP contribution in [0.2, 0.25) is 0 Å². The van der Waals surface area contributed by atoms with Crippen molar-refractivity contribution in [2.24, 2.45) is 7.05 Å². The van der Waals surface area contributed by atoms with Gasteiger partial charge in [0.05, 0.1) is 20.8 Å². The minimum Gasteiger partial charge on any atom is -0.497 e. The van der Waals surface area contributed by atoms with E-state index in [1.165, 1.54) is 0 Å². The van der Waals surface area contributed by atoms with Gasteiger partial charge >= 0.3 is 0 Å². The number of aromatic nitrogens is 3. The number of nitrogens with one attached hydrogen (secondary N) is 1. The maximum absolute atomic E-state index is 13.9. The SMILES string of the molecule is COc1cc(CN2CCc3c(cc(Cn4ccn(C)c4=N)cc3-c3cc(C)nc(C)c3)C2=O)cc(OC)c1. The number of fused-ring (bicyclic) bond motifs is 1. The summed E-state index contributed by atoms with van der Waals surface area (Å²) in [5.74, 6) is 1.40. The number of ether oxygens (including phenoxy) is 2. The molecule has 0 spiro atoms. The fraction of sp³-hybridized carbons (Fsp3) is 0.300. The van der Waals surface area contributed by atoms with Gasteiger partial charge in [-0.25, -0.2) is 0 Å². The Labute approximate surface area is 222 Å². The Bertz CT molecular complexity index is 1540. The van der Waals surface area contributed by atoms with Crippen molar-refractivity contribution in [2.45, 2.75) is 33.4 Å². The highest BCUT2D eigenvalue weighted by Gasteiger charge is 2.28. The van der Waals surface area contributed by atoms with E-state index in [0.717, 1.165) is 45.6 Å². The van der Waals surface area contributed by atoms with Gasteiger partial charge in [-0.15, -0.1) is 0 Å². The van der Waals surface area contributed by atoms with Crippen LogP contribution in [0.15, 0.2) is 54.9 Å². The van der Waals surface area contributed by atoms with Crippen LogP contribution in [0.1, 0.15) is 38.4 Å². The highest BCUT2D eigenvalue weighted by molar-refractivity contribution is 5.99. The average molecular weight is 512 g/mol. The van der Waals surface area contributed by atoms with Crippen LogP contribution in [-0.2, 0) is 26.6 Å². The van der Waals surface area contributed by atoms with Gasteiger partial charge in [-0.2, -0.15) is 0 Å².